The quantitative estimate of drug-likeness (QED) is 0.761. The maximum atomic E-state index is 11.3. The van der Waals surface area contributed by atoms with Crippen LogP contribution in [0.4, 0.5) is 0 Å². The Morgan fingerprint density at radius 2 is 2.50 bits per heavy atom. The zero-order valence-corrected chi connectivity index (χ0v) is 9.43. The minimum absolute atomic E-state index is 0.215. The van der Waals surface area contributed by atoms with Crippen LogP contribution < -0.4 is 5.73 Å². The molecule has 16 heavy (non-hydrogen) atoms. The minimum Gasteiger partial charge on any atom is -0.466 e. The van der Waals surface area contributed by atoms with E-state index in [1.54, 1.807) is 19.4 Å². The molecule has 0 aromatic carbocycles. The smallest absolute Gasteiger partial charge is 0.307 e. The first-order valence-corrected chi connectivity index (χ1v) is 5.65. The Kier molecular flexibility index (Phi) is 3.24. The molecule has 1 aromatic rings. The highest BCUT2D eigenvalue weighted by Gasteiger charge is 2.27. The third-order valence-corrected chi connectivity index (χ3v) is 2.71. The van der Waals surface area contributed by atoms with Crippen LogP contribution in [-0.2, 0) is 9.53 Å². The van der Waals surface area contributed by atoms with Gasteiger partial charge >= 0.3 is 5.97 Å². The Bertz CT molecular complexity index is 371. The van der Waals surface area contributed by atoms with Crippen molar-refractivity contribution in [3.63, 3.8) is 0 Å². The molecule has 0 saturated heterocycles. The summed E-state index contributed by atoms with van der Waals surface area (Å²) in [6.07, 6.45) is 6.09. The number of nitrogens with zero attached hydrogens (tertiary/aromatic N) is 2. The van der Waals surface area contributed by atoms with Gasteiger partial charge in [0.25, 0.3) is 0 Å². The molecule has 2 rings (SSSR count). The number of nitrogens with two attached hydrogens (primary N) is 1. The van der Waals surface area contributed by atoms with Gasteiger partial charge in [-0.25, -0.2) is 4.98 Å². The van der Waals surface area contributed by atoms with E-state index in [9.17, 15) is 4.79 Å². The van der Waals surface area contributed by atoms with Crippen molar-refractivity contribution in [1.29, 1.82) is 0 Å². The summed E-state index contributed by atoms with van der Waals surface area (Å²) in [6.45, 7) is 2.19. The zero-order valence-electron chi connectivity index (χ0n) is 9.43. The SMILES string of the molecule is CCOC(=O)C[C@H](N)c1cncn1C1CC1. The highest BCUT2D eigenvalue weighted by Crippen LogP contribution is 2.36. The second-order valence-electron chi connectivity index (χ2n) is 4.07. The molecule has 5 nitrogen and oxygen atoms in total. The van der Waals surface area contributed by atoms with E-state index >= 15 is 0 Å². The van der Waals surface area contributed by atoms with Gasteiger partial charge in [0.05, 0.1) is 31.1 Å². The van der Waals surface area contributed by atoms with E-state index in [-0.39, 0.29) is 18.4 Å². The molecular formula is C11H17N3O2. The van der Waals surface area contributed by atoms with Crippen LogP contribution in [0.5, 0.6) is 0 Å². The Morgan fingerprint density at radius 3 is 3.12 bits per heavy atom. The summed E-state index contributed by atoms with van der Waals surface area (Å²) in [5, 5.41) is 0. The number of esters is 1. The Balaban J connectivity index is 1.99. The summed E-state index contributed by atoms with van der Waals surface area (Å²) in [6, 6.07) is 0.216. The molecule has 0 amide bonds. The highest BCUT2D eigenvalue weighted by atomic mass is 16.5. The predicted molar refractivity (Wildman–Crippen MR) is 58.7 cm³/mol. The molecule has 0 unspecified atom stereocenters. The number of hydrogen-bond donors (Lipinski definition) is 1. The van der Waals surface area contributed by atoms with Gasteiger partial charge in [-0.05, 0) is 19.8 Å². The van der Waals surface area contributed by atoms with Crippen molar-refractivity contribution >= 4 is 5.97 Å². The largest absolute Gasteiger partial charge is 0.466 e. The molecule has 1 heterocycles. The Labute approximate surface area is 94.6 Å². The lowest BCUT2D eigenvalue weighted by molar-refractivity contribution is -0.143. The fourth-order valence-electron chi connectivity index (χ4n) is 1.76. The monoisotopic (exact) mass is 223 g/mol. The van der Waals surface area contributed by atoms with E-state index in [2.05, 4.69) is 9.55 Å². The van der Waals surface area contributed by atoms with E-state index in [0.717, 1.165) is 5.69 Å². The second kappa shape index (κ2) is 4.65. The van der Waals surface area contributed by atoms with Crippen LogP contribution in [0.3, 0.4) is 0 Å². The highest BCUT2D eigenvalue weighted by molar-refractivity contribution is 5.70. The molecule has 1 fully saturated rings. The van der Waals surface area contributed by atoms with Gasteiger partial charge in [0.15, 0.2) is 0 Å². The lowest BCUT2D eigenvalue weighted by atomic mass is 10.1. The molecule has 5 heteroatoms. The molecule has 1 aliphatic rings. The first-order chi connectivity index (χ1) is 7.72. The van der Waals surface area contributed by atoms with Crippen LogP contribution >= 0.6 is 0 Å². The second-order valence-corrected chi connectivity index (χ2v) is 4.07. The maximum Gasteiger partial charge on any atom is 0.307 e. The topological polar surface area (TPSA) is 70.1 Å². The van der Waals surface area contributed by atoms with Gasteiger partial charge < -0.3 is 15.0 Å². The average molecular weight is 223 g/mol. The van der Waals surface area contributed by atoms with Gasteiger partial charge in [0.1, 0.15) is 0 Å². The van der Waals surface area contributed by atoms with E-state index in [0.29, 0.717) is 12.6 Å². The number of carbonyl (C=O) groups excluding carboxylic acids is 1. The van der Waals surface area contributed by atoms with E-state index in [4.69, 9.17) is 10.5 Å². The molecule has 0 spiro atoms. The van der Waals surface area contributed by atoms with Crippen LogP contribution in [0.25, 0.3) is 0 Å². The summed E-state index contributed by atoms with van der Waals surface area (Å²) >= 11 is 0. The number of ether oxygens (including phenoxy) is 1. The molecule has 2 N–H and O–H groups in total. The number of imidazole rings is 1. The average Bonchev–Trinajstić information content (AvgIpc) is 2.96. The summed E-state index contributed by atoms with van der Waals surface area (Å²) < 4.78 is 6.95. The minimum atomic E-state index is -0.317. The van der Waals surface area contributed by atoms with Crippen LogP contribution in [0.1, 0.15) is 44.0 Å². The summed E-state index contributed by atoms with van der Waals surface area (Å²) in [7, 11) is 0. The summed E-state index contributed by atoms with van der Waals surface area (Å²) in [4.78, 5) is 15.4. The Hall–Kier alpha value is -1.36. The van der Waals surface area contributed by atoms with E-state index < -0.39 is 0 Å². The predicted octanol–water partition coefficient (Wildman–Crippen LogP) is 1.17. The molecule has 0 bridgehead atoms. The van der Waals surface area contributed by atoms with Crippen molar-refractivity contribution in [3.8, 4) is 0 Å². The van der Waals surface area contributed by atoms with Gasteiger partial charge in [-0.1, -0.05) is 0 Å². The van der Waals surface area contributed by atoms with Crippen molar-refractivity contribution in [1.82, 2.24) is 9.55 Å². The number of rotatable bonds is 5. The van der Waals surface area contributed by atoms with Gasteiger partial charge in [-0.2, -0.15) is 0 Å². The first-order valence-electron chi connectivity index (χ1n) is 5.65. The van der Waals surface area contributed by atoms with Crippen molar-refractivity contribution in [3.05, 3.63) is 18.2 Å². The summed E-state index contributed by atoms with van der Waals surface area (Å²) in [5.41, 5.74) is 6.90. The summed E-state index contributed by atoms with van der Waals surface area (Å²) in [5.74, 6) is -0.251. The normalized spacial score (nSPS) is 17.1. The maximum absolute atomic E-state index is 11.3. The molecule has 0 aliphatic heterocycles. The van der Waals surface area contributed by atoms with Crippen molar-refractivity contribution in [2.75, 3.05) is 6.61 Å². The number of hydrogen-bond acceptors (Lipinski definition) is 4. The van der Waals surface area contributed by atoms with Gasteiger partial charge in [0.2, 0.25) is 0 Å². The molecule has 88 valence electrons. The fraction of sp³-hybridized carbons (Fsp3) is 0.636. The van der Waals surface area contributed by atoms with Crippen LogP contribution in [0, 0.1) is 0 Å². The Morgan fingerprint density at radius 1 is 1.75 bits per heavy atom. The van der Waals surface area contributed by atoms with Crippen molar-refractivity contribution < 1.29 is 9.53 Å². The van der Waals surface area contributed by atoms with Crippen LogP contribution in [-0.4, -0.2) is 22.1 Å². The molecule has 1 atom stereocenters. The van der Waals surface area contributed by atoms with Crippen molar-refractivity contribution in [2.24, 2.45) is 5.73 Å². The zero-order chi connectivity index (χ0) is 11.5. The lowest BCUT2D eigenvalue weighted by Crippen LogP contribution is -2.20. The van der Waals surface area contributed by atoms with Gasteiger partial charge in [0, 0.05) is 12.2 Å². The molecule has 1 saturated carbocycles. The van der Waals surface area contributed by atoms with Gasteiger partial charge in [-0.15, -0.1) is 0 Å². The molecular weight excluding hydrogens is 206 g/mol. The molecule has 1 aromatic heterocycles. The lowest BCUT2D eigenvalue weighted by Gasteiger charge is -2.13. The van der Waals surface area contributed by atoms with Gasteiger partial charge in [-0.3, -0.25) is 4.79 Å². The van der Waals surface area contributed by atoms with Crippen LogP contribution in [0.15, 0.2) is 12.5 Å². The van der Waals surface area contributed by atoms with Crippen LogP contribution in [0.2, 0.25) is 0 Å². The third-order valence-electron chi connectivity index (χ3n) is 2.71. The third kappa shape index (κ3) is 2.41. The standard InChI is InChI=1S/C11H17N3O2/c1-2-16-11(15)5-9(12)10-6-13-7-14(10)8-3-4-8/h6-9H,2-5,12H2,1H3/t9-/m0/s1. The number of carbonyl (C=O) groups is 1. The van der Waals surface area contributed by atoms with E-state index in [1.165, 1.54) is 12.8 Å². The molecule has 0 radical (unpaired) electrons. The molecule has 1 aliphatic carbocycles. The fourth-order valence-corrected chi connectivity index (χ4v) is 1.76. The van der Waals surface area contributed by atoms with E-state index in [1.807, 2.05) is 0 Å². The number of aromatic nitrogens is 2. The first kappa shape index (κ1) is 11.1. The van der Waals surface area contributed by atoms with Crippen molar-refractivity contribution in [2.45, 2.75) is 38.3 Å².